The number of rotatable bonds is 4. The van der Waals surface area contributed by atoms with Gasteiger partial charge in [0.2, 0.25) is 0 Å². The first-order valence-corrected chi connectivity index (χ1v) is 4.50. The van der Waals surface area contributed by atoms with Gasteiger partial charge < -0.3 is 16.6 Å². The molecule has 0 heterocycles. The number of carbonyl (C=O) groups is 1. The third kappa shape index (κ3) is 3.00. The summed E-state index contributed by atoms with van der Waals surface area (Å²) in [6, 6.07) is 3.49. The first-order chi connectivity index (χ1) is 7.04. The second kappa shape index (κ2) is 4.86. The third-order valence-electron chi connectivity index (χ3n) is 2.07. The minimum Gasteiger partial charge on any atom is -0.481 e. The van der Waals surface area contributed by atoms with Crippen molar-refractivity contribution in [1.82, 2.24) is 0 Å². The van der Waals surface area contributed by atoms with E-state index in [9.17, 15) is 9.18 Å². The average Bonchev–Trinajstić information content (AvgIpc) is 2.19. The Labute approximate surface area is 86.7 Å². The van der Waals surface area contributed by atoms with Gasteiger partial charge in [-0.1, -0.05) is 12.1 Å². The van der Waals surface area contributed by atoms with Gasteiger partial charge in [0.05, 0.1) is 6.42 Å². The van der Waals surface area contributed by atoms with Crippen LogP contribution in [0.1, 0.15) is 17.2 Å². The summed E-state index contributed by atoms with van der Waals surface area (Å²) >= 11 is 0. The zero-order valence-corrected chi connectivity index (χ0v) is 8.11. The monoisotopic (exact) mass is 212 g/mol. The molecule has 4 nitrogen and oxygen atoms in total. The number of halogens is 1. The number of benzene rings is 1. The van der Waals surface area contributed by atoms with E-state index in [1.807, 2.05) is 0 Å². The molecule has 5 N–H and O–H groups in total. The summed E-state index contributed by atoms with van der Waals surface area (Å²) in [5.41, 5.74) is 11.7. The van der Waals surface area contributed by atoms with E-state index in [-0.39, 0.29) is 18.5 Å². The average molecular weight is 212 g/mol. The van der Waals surface area contributed by atoms with Crippen LogP contribution in [0, 0.1) is 5.82 Å². The predicted octanol–water partition coefficient (Wildman–Crippen LogP) is 0.411. The second-order valence-electron chi connectivity index (χ2n) is 3.27. The summed E-state index contributed by atoms with van der Waals surface area (Å²) in [7, 11) is 0. The van der Waals surface area contributed by atoms with Crippen molar-refractivity contribution < 1.29 is 14.3 Å². The molecule has 0 aliphatic rings. The first kappa shape index (κ1) is 11.6. The fourth-order valence-corrected chi connectivity index (χ4v) is 1.29. The normalized spacial score (nSPS) is 12.5. The van der Waals surface area contributed by atoms with Crippen LogP contribution < -0.4 is 11.5 Å². The van der Waals surface area contributed by atoms with Crippen LogP contribution in [0.15, 0.2) is 18.2 Å². The molecular formula is C10H13FN2O2. The zero-order valence-electron chi connectivity index (χ0n) is 8.11. The smallest absolute Gasteiger partial charge is 0.307 e. The molecule has 1 aromatic rings. The molecule has 1 rings (SSSR count). The Morgan fingerprint density at radius 2 is 2.20 bits per heavy atom. The van der Waals surface area contributed by atoms with Gasteiger partial charge in [0.15, 0.2) is 0 Å². The molecule has 0 bridgehead atoms. The molecule has 0 spiro atoms. The number of carboxylic acid groups (broad SMARTS) is 1. The van der Waals surface area contributed by atoms with Crippen LogP contribution in [0.25, 0.3) is 0 Å². The molecule has 0 saturated heterocycles. The van der Waals surface area contributed by atoms with E-state index in [0.29, 0.717) is 5.56 Å². The lowest BCUT2D eigenvalue weighted by atomic mass is 10.0. The van der Waals surface area contributed by atoms with Crippen molar-refractivity contribution in [3.63, 3.8) is 0 Å². The van der Waals surface area contributed by atoms with Gasteiger partial charge >= 0.3 is 5.97 Å². The Bertz CT molecular complexity index is 368. The Balaban J connectivity index is 2.99. The maximum atomic E-state index is 13.3. The number of hydrogen-bond donors (Lipinski definition) is 3. The summed E-state index contributed by atoms with van der Waals surface area (Å²) in [5.74, 6) is -1.42. The van der Waals surface area contributed by atoms with Gasteiger partial charge in [-0.05, 0) is 11.6 Å². The van der Waals surface area contributed by atoms with E-state index in [2.05, 4.69) is 0 Å². The number of hydrogen-bond acceptors (Lipinski definition) is 3. The Morgan fingerprint density at radius 1 is 1.53 bits per heavy atom. The molecular weight excluding hydrogens is 199 g/mol. The molecule has 82 valence electrons. The van der Waals surface area contributed by atoms with Crippen LogP contribution in [0.4, 0.5) is 4.39 Å². The summed E-state index contributed by atoms with van der Waals surface area (Å²) in [5, 5.41) is 8.57. The fourth-order valence-electron chi connectivity index (χ4n) is 1.29. The van der Waals surface area contributed by atoms with Gasteiger partial charge in [-0.15, -0.1) is 0 Å². The summed E-state index contributed by atoms with van der Waals surface area (Å²) in [6.45, 7) is 0.118. The molecule has 15 heavy (non-hydrogen) atoms. The topological polar surface area (TPSA) is 89.3 Å². The minimum atomic E-state index is -0.964. The van der Waals surface area contributed by atoms with Crippen molar-refractivity contribution in [2.24, 2.45) is 11.5 Å². The molecule has 0 aliphatic carbocycles. The third-order valence-corrected chi connectivity index (χ3v) is 2.07. The Morgan fingerprint density at radius 3 is 2.73 bits per heavy atom. The molecule has 0 amide bonds. The van der Waals surface area contributed by atoms with Crippen LogP contribution in [0.2, 0.25) is 0 Å². The Kier molecular flexibility index (Phi) is 3.76. The molecule has 5 heteroatoms. The minimum absolute atomic E-state index is 0.118. The van der Waals surface area contributed by atoms with E-state index in [1.54, 1.807) is 0 Å². The summed E-state index contributed by atoms with van der Waals surface area (Å²) < 4.78 is 13.3. The summed E-state index contributed by atoms with van der Waals surface area (Å²) in [6.07, 6.45) is -0.148. The maximum Gasteiger partial charge on any atom is 0.307 e. The van der Waals surface area contributed by atoms with E-state index in [4.69, 9.17) is 16.6 Å². The van der Waals surface area contributed by atoms with Gasteiger partial charge in [-0.2, -0.15) is 0 Å². The quantitative estimate of drug-likeness (QED) is 0.674. The van der Waals surface area contributed by atoms with Crippen LogP contribution in [0.3, 0.4) is 0 Å². The first-order valence-electron chi connectivity index (χ1n) is 4.50. The number of carboxylic acids is 1. The van der Waals surface area contributed by atoms with Gasteiger partial charge in [0.1, 0.15) is 5.82 Å². The molecule has 0 saturated carbocycles. The number of nitrogens with two attached hydrogens (primary N) is 2. The number of aliphatic carboxylic acids is 1. The second-order valence-corrected chi connectivity index (χ2v) is 3.27. The molecule has 0 unspecified atom stereocenters. The van der Waals surface area contributed by atoms with Crippen molar-refractivity contribution in [2.75, 3.05) is 6.54 Å². The van der Waals surface area contributed by atoms with Gasteiger partial charge in [-0.3, -0.25) is 4.79 Å². The molecule has 0 radical (unpaired) electrons. The van der Waals surface area contributed by atoms with Gasteiger partial charge in [0.25, 0.3) is 0 Å². The zero-order chi connectivity index (χ0) is 11.4. The largest absolute Gasteiger partial charge is 0.481 e. The molecule has 0 aromatic heterocycles. The van der Waals surface area contributed by atoms with Crippen LogP contribution in [0.5, 0.6) is 0 Å². The molecule has 1 aromatic carbocycles. The van der Waals surface area contributed by atoms with Crippen LogP contribution in [-0.4, -0.2) is 17.6 Å². The lowest BCUT2D eigenvalue weighted by Crippen LogP contribution is -2.22. The highest BCUT2D eigenvalue weighted by Gasteiger charge is 2.11. The van der Waals surface area contributed by atoms with Crippen molar-refractivity contribution >= 4 is 5.97 Å². The Hall–Kier alpha value is -1.46. The van der Waals surface area contributed by atoms with Crippen molar-refractivity contribution in [2.45, 2.75) is 12.5 Å². The van der Waals surface area contributed by atoms with E-state index in [0.717, 1.165) is 0 Å². The van der Waals surface area contributed by atoms with Crippen LogP contribution >= 0.6 is 0 Å². The fraction of sp³-hybridized carbons (Fsp3) is 0.300. The predicted molar refractivity (Wildman–Crippen MR) is 53.7 cm³/mol. The summed E-state index contributed by atoms with van der Waals surface area (Å²) in [4.78, 5) is 10.5. The molecule has 0 fully saturated rings. The highest BCUT2D eigenvalue weighted by Crippen LogP contribution is 2.16. The standard InChI is InChI=1S/C10H13FN2O2/c11-8-2-1-6(4-10(14)15)3-7(8)9(13)5-12/h1-3,9H,4-5,12-13H2,(H,14,15)/t9-/m0/s1. The molecule has 0 aliphatic heterocycles. The van der Waals surface area contributed by atoms with Crippen molar-refractivity contribution in [3.05, 3.63) is 35.1 Å². The lowest BCUT2D eigenvalue weighted by molar-refractivity contribution is -0.136. The van der Waals surface area contributed by atoms with Crippen molar-refractivity contribution in [1.29, 1.82) is 0 Å². The SMILES string of the molecule is NC[C@H](N)c1cc(CC(=O)O)ccc1F. The highest BCUT2D eigenvalue weighted by molar-refractivity contribution is 5.70. The highest BCUT2D eigenvalue weighted by atomic mass is 19.1. The van der Waals surface area contributed by atoms with E-state index >= 15 is 0 Å². The lowest BCUT2D eigenvalue weighted by Gasteiger charge is -2.11. The van der Waals surface area contributed by atoms with E-state index in [1.165, 1.54) is 18.2 Å². The van der Waals surface area contributed by atoms with Crippen LogP contribution in [-0.2, 0) is 11.2 Å². The van der Waals surface area contributed by atoms with Gasteiger partial charge in [-0.25, -0.2) is 4.39 Å². The van der Waals surface area contributed by atoms with E-state index < -0.39 is 17.8 Å². The molecule has 1 atom stereocenters. The maximum absolute atomic E-state index is 13.3. The van der Waals surface area contributed by atoms with Crippen molar-refractivity contribution in [3.8, 4) is 0 Å². The van der Waals surface area contributed by atoms with Gasteiger partial charge in [0, 0.05) is 18.2 Å².